The molecular weight excluding hydrogens is 348 g/mol. The molecule has 0 aliphatic heterocycles. The number of nitrogens with one attached hydrogen (secondary N) is 1. The van der Waals surface area contributed by atoms with Gasteiger partial charge in [-0.2, -0.15) is 0 Å². The maximum Gasteiger partial charge on any atom is 0.277 e. The average Bonchev–Trinajstić information content (AvgIpc) is 2.73. The van der Waals surface area contributed by atoms with Crippen molar-refractivity contribution in [3.8, 4) is 5.75 Å². The van der Waals surface area contributed by atoms with Crippen molar-refractivity contribution >= 4 is 16.7 Å². The second-order valence-corrected chi connectivity index (χ2v) is 7.24. The van der Waals surface area contributed by atoms with Gasteiger partial charge in [0.15, 0.2) is 6.54 Å². The predicted molar refractivity (Wildman–Crippen MR) is 113 cm³/mol. The van der Waals surface area contributed by atoms with Gasteiger partial charge in [-0.25, -0.2) is 0 Å². The number of hydrogen-bond acceptors (Lipinski definition) is 2. The number of quaternary nitrogens is 1. The summed E-state index contributed by atoms with van der Waals surface area (Å²) in [6.07, 6.45) is 0. The van der Waals surface area contributed by atoms with Crippen LogP contribution in [0.2, 0.25) is 0 Å². The summed E-state index contributed by atoms with van der Waals surface area (Å²) in [6.45, 7) is 5.04. The van der Waals surface area contributed by atoms with E-state index in [-0.39, 0.29) is 5.91 Å². The van der Waals surface area contributed by atoms with E-state index in [1.807, 2.05) is 42.3 Å². The zero-order valence-electron chi connectivity index (χ0n) is 16.9. The Kier molecular flexibility index (Phi) is 6.66. The van der Waals surface area contributed by atoms with E-state index in [0.717, 1.165) is 35.2 Å². The smallest absolute Gasteiger partial charge is 0.277 e. The summed E-state index contributed by atoms with van der Waals surface area (Å²) in [5.74, 6) is 1.02. The number of fused-ring (bicyclic) bond motifs is 1. The largest absolute Gasteiger partial charge is 0.497 e. The fourth-order valence-corrected chi connectivity index (χ4v) is 3.41. The molecule has 0 saturated carbocycles. The lowest BCUT2D eigenvalue weighted by Gasteiger charge is -2.22. The molecule has 0 aliphatic carbocycles. The zero-order chi connectivity index (χ0) is 19.9. The molecule has 146 valence electrons. The van der Waals surface area contributed by atoms with E-state index in [2.05, 4.69) is 43.3 Å². The van der Waals surface area contributed by atoms with Gasteiger partial charge >= 0.3 is 0 Å². The lowest BCUT2D eigenvalue weighted by molar-refractivity contribution is -0.904. The second-order valence-electron chi connectivity index (χ2n) is 7.24. The number of rotatable bonds is 8. The van der Waals surface area contributed by atoms with Crippen molar-refractivity contribution in [2.75, 3.05) is 27.2 Å². The fraction of sp³-hybridized carbons (Fsp3) is 0.292. The molecule has 4 heteroatoms. The van der Waals surface area contributed by atoms with Crippen molar-refractivity contribution in [2.24, 2.45) is 0 Å². The molecule has 3 aromatic rings. The maximum atomic E-state index is 12.7. The Hall–Kier alpha value is -2.85. The summed E-state index contributed by atoms with van der Waals surface area (Å²) >= 11 is 0. The number of benzene rings is 3. The number of methoxy groups -OCH3 is 1. The van der Waals surface area contributed by atoms with Crippen LogP contribution in [0.25, 0.3) is 10.8 Å². The Bertz CT molecular complexity index is 924. The van der Waals surface area contributed by atoms with Crippen molar-refractivity contribution < 1.29 is 14.4 Å². The minimum absolute atomic E-state index is 0.169. The quantitative estimate of drug-likeness (QED) is 0.655. The van der Waals surface area contributed by atoms with Crippen LogP contribution in [0.3, 0.4) is 0 Å². The van der Waals surface area contributed by atoms with Crippen molar-refractivity contribution in [3.63, 3.8) is 0 Å². The van der Waals surface area contributed by atoms with Gasteiger partial charge in [0.25, 0.3) is 5.91 Å². The molecular formula is C24H29N2O2+. The highest BCUT2D eigenvalue weighted by Crippen LogP contribution is 2.22. The van der Waals surface area contributed by atoms with E-state index in [1.54, 1.807) is 7.11 Å². The number of ether oxygens (including phenoxy) is 1. The standard InChI is InChI=1S/C24H28N2O2/c1-4-26(17-19-8-6-5-7-9-19)18-24(27)25(2)16-20-10-11-22-15-23(28-3)13-12-21(22)14-20/h5-15H,4,16-18H2,1-3H3/p+1. The number of carbonyl (C=O) groups is 1. The normalized spacial score (nSPS) is 12.0. The Morgan fingerprint density at radius 3 is 2.39 bits per heavy atom. The van der Waals surface area contributed by atoms with Crippen molar-refractivity contribution in [1.82, 2.24) is 4.90 Å². The minimum Gasteiger partial charge on any atom is -0.497 e. The first-order valence-corrected chi connectivity index (χ1v) is 9.77. The van der Waals surface area contributed by atoms with Gasteiger partial charge in [-0.15, -0.1) is 0 Å². The minimum atomic E-state index is 0.169. The summed E-state index contributed by atoms with van der Waals surface area (Å²) in [6, 6.07) is 22.7. The predicted octanol–water partition coefficient (Wildman–Crippen LogP) is 2.91. The van der Waals surface area contributed by atoms with Crippen LogP contribution in [0, 0.1) is 0 Å². The summed E-state index contributed by atoms with van der Waals surface area (Å²) in [5.41, 5.74) is 2.40. The van der Waals surface area contributed by atoms with Crippen molar-refractivity contribution in [3.05, 3.63) is 77.9 Å². The number of hydrogen-bond donors (Lipinski definition) is 1. The third-order valence-corrected chi connectivity index (χ3v) is 5.16. The van der Waals surface area contributed by atoms with Crippen LogP contribution in [0.4, 0.5) is 0 Å². The molecule has 0 aromatic heterocycles. The molecule has 1 N–H and O–H groups in total. The molecule has 4 nitrogen and oxygen atoms in total. The van der Waals surface area contributed by atoms with Crippen molar-refractivity contribution in [2.45, 2.75) is 20.0 Å². The summed E-state index contributed by atoms with van der Waals surface area (Å²) < 4.78 is 5.28. The summed E-state index contributed by atoms with van der Waals surface area (Å²) in [4.78, 5) is 15.8. The molecule has 0 saturated heterocycles. The van der Waals surface area contributed by atoms with Gasteiger partial charge in [-0.05, 0) is 41.5 Å². The lowest BCUT2D eigenvalue weighted by Crippen LogP contribution is -3.11. The SMILES string of the molecule is CC[NH+](CC(=O)N(C)Cc1ccc2cc(OC)ccc2c1)Cc1ccccc1. The molecule has 0 spiro atoms. The van der Waals surface area contributed by atoms with Gasteiger partial charge in [-0.1, -0.05) is 48.5 Å². The van der Waals surface area contributed by atoms with Crippen molar-refractivity contribution in [1.29, 1.82) is 0 Å². The van der Waals surface area contributed by atoms with E-state index in [0.29, 0.717) is 13.1 Å². The zero-order valence-corrected chi connectivity index (χ0v) is 16.9. The van der Waals surface area contributed by atoms with Gasteiger partial charge < -0.3 is 14.5 Å². The van der Waals surface area contributed by atoms with E-state index in [4.69, 9.17) is 4.74 Å². The van der Waals surface area contributed by atoms with E-state index in [9.17, 15) is 4.79 Å². The number of likely N-dealkylation sites (N-methyl/N-ethyl adjacent to an activating group) is 2. The first-order chi connectivity index (χ1) is 13.6. The van der Waals surface area contributed by atoms with Crippen LogP contribution in [-0.2, 0) is 17.9 Å². The highest BCUT2D eigenvalue weighted by atomic mass is 16.5. The topological polar surface area (TPSA) is 34.0 Å². The fourth-order valence-electron chi connectivity index (χ4n) is 3.41. The molecule has 0 radical (unpaired) electrons. The Morgan fingerprint density at radius 2 is 1.68 bits per heavy atom. The molecule has 0 bridgehead atoms. The molecule has 0 aliphatic rings. The van der Waals surface area contributed by atoms with Gasteiger partial charge in [-0.3, -0.25) is 4.79 Å². The Morgan fingerprint density at radius 1 is 0.964 bits per heavy atom. The first kappa shape index (κ1) is 19.9. The Balaban J connectivity index is 1.62. The van der Waals surface area contributed by atoms with Gasteiger partial charge in [0, 0.05) is 19.2 Å². The molecule has 3 rings (SSSR count). The second kappa shape index (κ2) is 9.38. The highest BCUT2D eigenvalue weighted by molar-refractivity contribution is 5.84. The van der Waals surface area contributed by atoms with Crippen LogP contribution < -0.4 is 9.64 Å². The van der Waals surface area contributed by atoms with Crippen LogP contribution in [0.1, 0.15) is 18.1 Å². The summed E-state index contributed by atoms with van der Waals surface area (Å²) in [5, 5.41) is 2.30. The van der Waals surface area contributed by atoms with Crippen LogP contribution in [-0.4, -0.2) is 38.1 Å². The molecule has 1 unspecified atom stereocenters. The third-order valence-electron chi connectivity index (χ3n) is 5.16. The third kappa shape index (κ3) is 5.11. The highest BCUT2D eigenvalue weighted by Gasteiger charge is 2.17. The number of nitrogens with zero attached hydrogens (tertiary/aromatic N) is 1. The van der Waals surface area contributed by atoms with E-state index in [1.165, 1.54) is 10.5 Å². The van der Waals surface area contributed by atoms with Gasteiger partial charge in [0.05, 0.1) is 13.7 Å². The maximum absolute atomic E-state index is 12.7. The first-order valence-electron chi connectivity index (χ1n) is 9.77. The van der Waals surface area contributed by atoms with Crippen LogP contribution in [0.15, 0.2) is 66.7 Å². The molecule has 28 heavy (non-hydrogen) atoms. The van der Waals surface area contributed by atoms with Gasteiger partial charge in [0.2, 0.25) is 0 Å². The van der Waals surface area contributed by atoms with Gasteiger partial charge in [0.1, 0.15) is 12.3 Å². The van der Waals surface area contributed by atoms with E-state index >= 15 is 0 Å². The molecule has 1 amide bonds. The molecule has 0 heterocycles. The molecule has 1 atom stereocenters. The molecule has 3 aromatic carbocycles. The average molecular weight is 378 g/mol. The lowest BCUT2D eigenvalue weighted by atomic mass is 10.1. The monoisotopic (exact) mass is 377 g/mol. The summed E-state index contributed by atoms with van der Waals surface area (Å²) in [7, 11) is 3.56. The molecule has 0 fully saturated rings. The van der Waals surface area contributed by atoms with Crippen LogP contribution in [0.5, 0.6) is 5.75 Å². The number of amides is 1. The van der Waals surface area contributed by atoms with E-state index < -0.39 is 0 Å². The number of carbonyl (C=O) groups excluding carboxylic acids is 1. The Labute approximate surface area is 167 Å². The van der Waals surface area contributed by atoms with Crippen LogP contribution >= 0.6 is 0 Å².